The van der Waals surface area contributed by atoms with Crippen LogP contribution in [0.15, 0.2) is 36.4 Å². The first kappa shape index (κ1) is 14.6. The Morgan fingerprint density at radius 1 is 1.29 bits per heavy atom. The molecule has 5 nitrogen and oxygen atoms in total. The molecule has 0 aliphatic carbocycles. The molecule has 0 saturated carbocycles. The van der Waals surface area contributed by atoms with Crippen LogP contribution >= 0.6 is 0 Å². The van der Waals surface area contributed by atoms with Gasteiger partial charge in [-0.1, -0.05) is 12.1 Å². The number of rotatable bonds is 4. The van der Waals surface area contributed by atoms with Gasteiger partial charge in [-0.05, 0) is 32.0 Å². The van der Waals surface area contributed by atoms with Gasteiger partial charge in [0.2, 0.25) is 0 Å². The van der Waals surface area contributed by atoms with Crippen molar-refractivity contribution < 1.29 is 18.8 Å². The van der Waals surface area contributed by atoms with Gasteiger partial charge in [-0.25, -0.2) is 4.39 Å². The summed E-state index contributed by atoms with van der Waals surface area (Å²) in [5.41, 5.74) is 0.419. The number of hydrogen-bond acceptors (Lipinski definition) is 4. The fourth-order valence-electron chi connectivity index (χ4n) is 1.82. The van der Waals surface area contributed by atoms with Crippen LogP contribution in [-0.4, -0.2) is 10.7 Å². The molecule has 0 unspecified atom stereocenters. The maximum atomic E-state index is 13.8. The summed E-state index contributed by atoms with van der Waals surface area (Å²) in [7, 11) is 0. The summed E-state index contributed by atoms with van der Waals surface area (Å²) in [4.78, 5) is 21.4. The lowest BCUT2D eigenvalue weighted by Gasteiger charge is -2.09. The Balaban J connectivity index is 2.36. The minimum absolute atomic E-state index is 0.126. The Kier molecular flexibility index (Phi) is 3.98. The van der Waals surface area contributed by atoms with Crippen molar-refractivity contribution >= 4 is 11.5 Å². The second-order valence-electron chi connectivity index (χ2n) is 4.51. The van der Waals surface area contributed by atoms with Gasteiger partial charge < -0.3 is 4.74 Å². The first-order chi connectivity index (χ1) is 9.88. The van der Waals surface area contributed by atoms with Crippen LogP contribution in [0.4, 0.5) is 10.1 Å². The number of hydrogen-bond donors (Lipinski definition) is 0. The van der Waals surface area contributed by atoms with Gasteiger partial charge in [-0.15, -0.1) is 0 Å². The van der Waals surface area contributed by atoms with Gasteiger partial charge in [-0.3, -0.25) is 14.9 Å². The molecule has 0 aromatic heterocycles. The topological polar surface area (TPSA) is 69.4 Å². The molecule has 2 aromatic rings. The van der Waals surface area contributed by atoms with Crippen LogP contribution in [-0.2, 0) is 0 Å². The average Bonchev–Trinajstić information content (AvgIpc) is 2.42. The van der Waals surface area contributed by atoms with Crippen molar-refractivity contribution in [3.8, 4) is 11.5 Å². The van der Waals surface area contributed by atoms with E-state index in [0.717, 1.165) is 6.07 Å². The van der Waals surface area contributed by atoms with E-state index < -0.39 is 10.7 Å². The first-order valence-electron chi connectivity index (χ1n) is 6.12. The number of carbonyl (C=O) groups excluding carboxylic acids is 1. The molecule has 6 heteroatoms. The Bertz CT molecular complexity index is 728. The summed E-state index contributed by atoms with van der Waals surface area (Å²) in [5, 5.41) is 10.7. The van der Waals surface area contributed by atoms with Gasteiger partial charge >= 0.3 is 0 Å². The van der Waals surface area contributed by atoms with Crippen LogP contribution in [0, 0.1) is 22.9 Å². The van der Waals surface area contributed by atoms with Crippen molar-refractivity contribution in [3.63, 3.8) is 0 Å². The highest BCUT2D eigenvalue weighted by molar-refractivity contribution is 5.94. The number of nitrogens with zero attached hydrogens (tertiary/aromatic N) is 1. The smallest absolute Gasteiger partial charge is 0.275 e. The van der Waals surface area contributed by atoms with Gasteiger partial charge in [0.05, 0.1) is 11.0 Å². The van der Waals surface area contributed by atoms with E-state index in [-0.39, 0.29) is 23.0 Å². The number of benzene rings is 2. The molecule has 0 atom stereocenters. The van der Waals surface area contributed by atoms with E-state index >= 15 is 0 Å². The molecule has 0 saturated heterocycles. The lowest BCUT2D eigenvalue weighted by molar-refractivity contribution is -0.385. The van der Waals surface area contributed by atoms with Gasteiger partial charge in [0.1, 0.15) is 5.75 Å². The molecule has 0 spiro atoms. The highest BCUT2D eigenvalue weighted by Gasteiger charge is 2.17. The van der Waals surface area contributed by atoms with Crippen molar-refractivity contribution in [2.75, 3.05) is 0 Å². The Hall–Kier alpha value is -2.76. The largest absolute Gasteiger partial charge is 0.454 e. The molecule has 2 rings (SSSR count). The lowest BCUT2D eigenvalue weighted by Crippen LogP contribution is -1.97. The molecule has 2 aromatic carbocycles. The minimum Gasteiger partial charge on any atom is -0.454 e. The van der Waals surface area contributed by atoms with Gasteiger partial charge in [0.15, 0.2) is 17.3 Å². The Morgan fingerprint density at radius 3 is 2.62 bits per heavy atom. The quantitative estimate of drug-likeness (QED) is 0.484. The monoisotopic (exact) mass is 289 g/mol. The van der Waals surface area contributed by atoms with E-state index in [9.17, 15) is 19.3 Å². The number of halogens is 1. The van der Waals surface area contributed by atoms with Crippen molar-refractivity contribution in [2.24, 2.45) is 0 Å². The molecule has 0 heterocycles. The number of nitro benzene ring substituents is 1. The zero-order valence-electron chi connectivity index (χ0n) is 11.4. The van der Waals surface area contributed by atoms with Crippen LogP contribution in [0.25, 0.3) is 0 Å². The third kappa shape index (κ3) is 3.22. The van der Waals surface area contributed by atoms with Crippen LogP contribution in [0.1, 0.15) is 22.8 Å². The molecule has 0 aliphatic rings. The van der Waals surface area contributed by atoms with Crippen LogP contribution in [0.5, 0.6) is 11.5 Å². The SMILES string of the molecule is CC(=O)c1cccc(Oc2cc(C)c([N+](=O)[O-])cc2F)c1. The van der Waals surface area contributed by atoms with Gasteiger partial charge in [0.25, 0.3) is 5.69 Å². The molecule has 0 amide bonds. The van der Waals surface area contributed by atoms with Gasteiger partial charge in [0, 0.05) is 11.1 Å². The number of ether oxygens (including phenoxy) is 1. The van der Waals surface area contributed by atoms with Crippen LogP contribution < -0.4 is 4.74 Å². The summed E-state index contributed by atoms with van der Waals surface area (Å²) in [6.45, 7) is 2.91. The number of carbonyl (C=O) groups is 1. The van der Waals surface area contributed by atoms with Crippen molar-refractivity contribution in [3.05, 3.63) is 63.5 Å². The average molecular weight is 289 g/mol. The van der Waals surface area contributed by atoms with Crippen LogP contribution in [0.3, 0.4) is 0 Å². The molecule has 0 radical (unpaired) electrons. The van der Waals surface area contributed by atoms with E-state index in [0.29, 0.717) is 11.1 Å². The van der Waals surface area contributed by atoms with E-state index in [4.69, 9.17) is 4.74 Å². The van der Waals surface area contributed by atoms with Crippen molar-refractivity contribution in [1.29, 1.82) is 0 Å². The molecular formula is C15H12FNO4. The zero-order valence-corrected chi connectivity index (χ0v) is 11.4. The highest BCUT2D eigenvalue weighted by Crippen LogP contribution is 2.30. The molecule has 0 N–H and O–H groups in total. The molecule has 108 valence electrons. The fraction of sp³-hybridized carbons (Fsp3) is 0.133. The third-order valence-electron chi connectivity index (χ3n) is 2.92. The third-order valence-corrected chi connectivity index (χ3v) is 2.92. The highest BCUT2D eigenvalue weighted by atomic mass is 19.1. The summed E-state index contributed by atoms with van der Waals surface area (Å²) in [5.74, 6) is -0.810. The summed E-state index contributed by atoms with van der Waals surface area (Å²) in [6, 6.07) is 8.36. The molecule has 0 bridgehead atoms. The molecular weight excluding hydrogens is 277 g/mol. The van der Waals surface area contributed by atoms with Crippen molar-refractivity contribution in [1.82, 2.24) is 0 Å². The zero-order chi connectivity index (χ0) is 15.6. The Labute approximate surface area is 120 Å². The number of Topliss-reactive ketones (excluding diaryl/α,β-unsaturated/α-hetero) is 1. The van der Waals surface area contributed by atoms with Crippen LogP contribution in [0.2, 0.25) is 0 Å². The van der Waals surface area contributed by atoms with Gasteiger partial charge in [-0.2, -0.15) is 0 Å². The maximum Gasteiger partial charge on any atom is 0.275 e. The van der Waals surface area contributed by atoms with E-state index in [1.165, 1.54) is 26.0 Å². The normalized spacial score (nSPS) is 10.2. The van der Waals surface area contributed by atoms with Crippen molar-refractivity contribution in [2.45, 2.75) is 13.8 Å². The standard InChI is InChI=1S/C15H12FNO4/c1-9-6-15(13(16)8-14(9)17(19)20)21-12-5-3-4-11(7-12)10(2)18/h3-8H,1-2H3. The van der Waals surface area contributed by atoms with E-state index in [2.05, 4.69) is 0 Å². The predicted octanol–water partition coefficient (Wildman–Crippen LogP) is 4.04. The van der Waals surface area contributed by atoms with E-state index in [1.54, 1.807) is 18.2 Å². The number of nitro groups is 1. The number of ketones is 1. The second-order valence-corrected chi connectivity index (χ2v) is 4.51. The molecule has 21 heavy (non-hydrogen) atoms. The first-order valence-corrected chi connectivity index (χ1v) is 6.12. The molecule has 0 fully saturated rings. The lowest BCUT2D eigenvalue weighted by atomic mass is 10.1. The minimum atomic E-state index is -0.833. The Morgan fingerprint density at radius 2 is 2.00 bits per heavy atom. The molecule has 0 aliphatic heterocycles. The second kappa shape index (κ2) is 5.70. The summed E-state index contributed by atoms with van der Waals surface area (Å²) >= 11 is 0. The maximum absolute atomic E-state index is 13.8. The summed E-state index contributed by atoms with van der Waals surface area (Å²) in [6.07, 6.45) is 0. The summed E-state index contributed by atoms with van der Waals surface area (Å²) < 4.78 is 19.2. The predicted molar refractivity (Wildman–Crippen MR) is 74.3 cm³/mol. The van der Waals surface area contributed by atoms with E-state index in [1.807, 2.05) is 0 Å². The number of aryl methyl sites for hydroxylation is 1. The fourth-order valence-corrected chi connectivity index (χ4v) is 1.82.